The summed E-state index contributed by atoms with van der Waals surface area (Å²) in [7, 11) is 3.98. The van der Waals surface area contributed by atoms with Crippen LogP contribution in [0.1, 0.15) is 45.4 Å². The van der Waals surface area contributed by atoms with Gasteiger partial charge in [0, 0.05) is 32.8 Å². The second kappa shape index (κ2) is 14.5. The predicted octanol–water partition coefficient (Wildman–Crippen LogP) is 2.46. The van der Waals surface area contributed by atoms with Gasteiger partial charge in [0.2, 0.25) is 0 Å². The standard InChI is InChI=1S/C16H34N4O.HI/c1-4-17-16(19-12-14-21-3)18-11-8-13-20(2)15-9-6-5-7-10-15;/h15H,4-14H2,1-3H3,(H2,17,18,19);1H. The molecule has 0 bridgehead atoms. The Morgan fingerprint density at radius 3 is 2.59 bits per heavy atom. The maximum atomic E-state index is 5.04. The van der Waals surface area contributed by atoms with Crippen LogP contribution in [0.2, 0.25) is 0 Å². The van der Waals surface area contributed by atoms with Crippen LogP contribution in [0.15, 0.2) is 4.99 Å². The molecule has 1 aliphatic rings. The van der Waals surface area contributed by atoms with Crippen LogP contribution in [0.25, 0.3) is 0 Å². The summed E-state index contributed by atoms with van der Waals surface area (Å²) < 4.78 is 5.04. The van der Waals surface area contributed by atoms with Crippen LogP contribution in [-0.2, 0) is 4.74 Å². The van der Waals surface area contributed by atoms with E-state index in [1.54, 1.807) is 7.11 Å². The van der Waals surface area contributed by atoms with E-state index < -0.39 is 0 Å². The van der Waals surface area contributed by atoms with Gasteiger partial charge in [0.05, 0.1) is 6.61 Å². The molecule has 132 valence electrons. The molecule has 2 N–H and O–H groups in total. The zero-order valence-corrected chi connectivity index (χ0v) is 16.9. The van der Waals surface area contributed by atoms with Crippen molar-refractivity contribution in [3.8, 4) is 0 Å². The van der Waals surface area contributed by atoms with E-state index in [1.807, 2.05) is 0 Å². The Labute approximate surface area is 153 Å². The maximum Gasteiger partial charge on any atom is 0.191 e. The maximum absolute atomic E-state index is 5.04. The molecule has 1 saturated carbocycles. The summed E-state index contributed by atoms with van der Waals surface area (Å²) in [5.74, 6) is 0.898. The van der Waals surface area contributed by atoms with Crippen molar-refractivity contribution in [1.82, 2.24) is 15.5 Å². The number of methoxy groups -OCH3 is 1. The highest BCUT2D eigenvalue weighted by molar-refractivity contribution is 14.0. The molecule has 1 fully saturated rings. The van der Waals surface area contributed by atoms with E-state index in [1.165, 1.54) is 32.1 Å². The van der Waals surface area contributed by atoms with Crippen LogP contribution in [0, 0.1) is 0 Å². The molecule has 0 aromatic rings. The lowest BCUT2D eigenvalue weighted by atomic mass is 9.94. The Hall–Kier alpha value is -0.0800. The highest BCUT2D eigenvalue weighted by atomic mass is 127. The van der Waals surface area contributed by atoms with Crippen molar-refractivity contribution in [3.05, 3.63) is 0 Å². The van der Waals surface area contributed by atoms with Gasteiger partial charge in [-0.1, -0.05) is 19.3 Å². The van der Waals surface area contributed by atoms with E-state index in [0.29, 0.717) is 6.61 Å². The van der Waals surface area contributed by atoms with Crippen LogP contribution in [0.4, 0.5) is 0 Å². The molecule has 1 aliphatic carbocycles. The molecule has 0 aromatic heterocycles. The Balaban J connectivity index is 0.00000441. The summed E-state index contributed by atoms with van der Waals surface area (Å²) in [5, 5.41) is 6.54. The topological polar surface area (TPSA) is 48.9 Å². The minimum absolute atomic E-state index is 0. The molecule has 0 spiro atoms. The van der Waals surface area contributed by atoms with Crippen LogP contribution in [0.5, 0.6) is 0 Å². The van der Waals surface area contributed by atoms with Crippen LogP contribution < -0.4 is 10.6 Å². The van der Waals surface area contributed by atoms with Gasteiger partial charge in [-0.15, -0.1) is 24.0 Å². The fraction of sp³-hybridized carbons (Fsp3) is 0.938. The molecular formula is C16H35IN4O. The zero-order chi connectivity index (χ0) is 15.3. The summed E-state index contributed by atoms with van der Waals surface area (Å²) in [6, 6.07) is 0.802. The van der Waals surface area contributed by atoms with Gasteiger partial charge in [-0.2, -0.15) is 0 Å². The highest BCUT2D eigenvalue weighted by Gasteiger charge is 2.17. The highest BCUT2D eigenvalue weighted by Crippen LogP contribution is 2.21. The van der Waals surface area contributed by atoms with Gasteiger partial charge in [-0.25, -0.2) is 0 Å². The molecule has 5 nitrogen and oxygen atoms in total. The number of ether oxygens (including phenoxy) is 1. The van der Waals surface area contributed by atoms with Gasteiger partial charge in [0.25, 0.3) is 0 Å². The first kappa shape index (κ1) is 21.9. The third-order valence-electron chi connectivity index (χ3n) is 4.08. The molecule has 0 saturated heterocycles. The van der Waals surface area contributed by atoms with Crippen LogP contribution >= 0.6 is 24.0 Å². The molecule has 0 aromatic carbocycles. The summed E-state index contributed by atoms with van der Waals surface area (Å²) in [5.41, 5.74) is 0. The fourth-order valence-electron chi connectivity index (χ4n) is 2.83. The first-order valence-corrected chi connectivity index (χ1v) is 8.49. The van der Waals surface area contributed by atoms with Crippen LogP contribution in [-0.4, -0.2) is 63.8 Å². The molecule has 1 rings (SSSR count). The first-order valence-electron chi connectivity index (χ1n) is 8.49. The zero-order valence-electron chi connectivity index (χ0n) is 14.6. The van der Waals surface area contributed by atoms with E-state index in [4.69, 9.17) is 4.74 Å². The first-order chi connectivity index (χ1) is 10.3. The van der Waals surface area contributed by atoms with Gasteiger partial charge in [-0.3, -0.25) is 4.99 Å². The Bertz CT molecular complexity index is 283. The Morgan fingerprint density at radius 2 is 1.95 bits per heavy atom. The summed E-state index contributed by atoms with van der Waals surface area (Å²) in [6.45, 7) is 6.50. The lowest BCUT2D eigenvalue weighted by Gasteiger charge is -2.31. The van der Waals surface area contributed by atoms with Gasteiger partial charge in [0.15, 0.2) is 5.96 Å². The van der Waals surface area contributed by atoms with E-state index in [2.05, 4.69) is 34.5 Å². The van der Waals surface area contributed by atoms with Crippen molar-refractivity contribution in [2.75, 3.05) is 46.9 Å². The molecule has 0 radical (unpaired) electrons. The number of halogens is 1. The predicted molar refractivity (Wildman–Crippen MR) is 105 cm³/mol. The lowest BCUT2D eigenvalue weighted by Crippen LogP contribution is -2.39. The summed E-state index contributed by atoms with van der Waals surface area (Å²) in [4.78, 5) is 7.14. The van der Waals surface area contributed by atoms with E-state index >= 15 is 0 Å². The number of aliphatic imine (C=N–C) groups is 1. The van der Waals surface area contributed by atoms with Gasteiger partial charge < -0.3 is 20.3 Å². The van der Waals surface area contributed by atoms with Crippen LogP contribution in [0.3, 0.4) is 0 Å². The van der Waals surface area contributed by atoms with E-state index in [-0.39, 0.29) is 24.0 Å². The number of hydrogen-bond donors (Lipinski definition) is 2. The van der Waals surface area contributed by atoms with E-state index in [9.17, 15) is 0 Å². The monoisotopic (exact) mass is 426 g/mol. The quantitative estimate of drug-likeness (QED) is 0.258. The molecule has 22 heavy (non-hydrogen) atoms. The van der Waals surface area contributed by atoms with Gasteiger partial charge in [-0.05, 0) is 39.8 Å². The number of hydrogen-bond acceptors (Lipinski definition) is 3. The van der Waals surface area contributed by atoms with Crippen molar-refractivity contribution in [2.24, 2.45) is 4.99 Å². The number of rotatable bonds is 9. The third-order valence-corrected chi connectivity index (χ3v) is 4.08. The molecule has 6 heteroatoms. The van der Waals surface area contributed by atoms with Crippen molar-refractivity contribution < 1.29 is 4.74 Å². The smallest absolute Gasteiger partial charge is 0.191 e. The van der Waals surface area contributed by atoms with Crippen molar-refractivity contribution in [1.29, 1.82) is 0 Å². The average molecular weight is 426 g/mol. The number of guanidine groups is 1. The third kappa shape index (κ3) is 9.84. The average Bonchev–Trinajstić information content (AvgIpc) is 2.52. The molecule has 0 aliphatic heterocycles. The second-order valence-electron chi connectivity index (χ2n) is 5.81. The lowest BCUT2D eigenvalue weighted by molar-refractivity contribution is 0.191. The Morgan fingerprint density at radius 1 is 1.23 bits per heavy atom. The molecule has 0 heterocycles. The molecule has 0 amide bonds. The molecular weight excluding hydrogens is 391 g/mol. The number of nitrogens with zero attached hydrogens (tertiary/aromatic N) is 2. The van der Waals surface area contributed by atoms with Gasteiger partial charge >= 0.3 is 0 Å². The SMILES string of the molecule is CCNC(=NCCCN(C)C1CCCCC1)NCCOC.I. The van der Waals surface area contributed by atoms with Crippen molar-refractivity contribution in [2.45, 2.75) is 51.5 Å². The number of nitrogens with one attached hydrogen (secondary N) is 2. The fourth-order valence-corrected chi connectivity index (χ4v) is 2.83. The summed E-state index contributed by atoms with van der Waals surface area (Å²) >= 11 is 0. The van der Waals surface area contributed by atoms with Crippen molar-refractivity contribution in [3.63, 3.8) is 0 Å². The Kier molecular flexibility index (Phi) is 14.5. The minimum atomic E-state index is 0. The van der Waals surface area contributed by atoms with Crippen molar-refractivity contribution >= 4 is 29.9 Å². The minimum Gasteiger partial charge on any atom is -0.383 e. The molecule has 0 atom stereocenters. The second-order valence-corrected chi connectivity index (χ2v) is 5.81. The molecule has 0 unspecified atom stereocenters. The summed E-state index contributed by atoms with van der Waals surface area (Å²) in [6.07, 6.45) is 8.10. The largest absolute Gasteiger partial charge is 0.383 e. The normalized spacial score (nSPS) is 16.5. The van der Waals surface area contributed by atoms with Gasteiger partial charge in [0.1, 0.15) is 0 Å². The van der Waals surface area contributed by atoms with E-state index in [0.717, 1.165) is 44.6 Å².